The van der Waals surface area contributed by atoms with E-state index in [0.29, 0.717) is 41.5 Å². The molecule has 2 aromatic carbocycles. The lowest BCUT2D eigenvalue weighted by atomic mass is 9.71. The third kappa shape index (κ3) is 5.74. The van der Waals surface area contributed by atoms with E-state index in [1.54, 1.807) is 12.1 Å². The number of rotatable bonds is 8. The molecule has 0 aromatic heterocycles. The highest BCUT2D eigenvalue weighted by Crippen LogP contribution is 2.39. The van der Waals surface area contributed by atoms with Crippen LogP contribution in [0.15, 0.2) is 36.4 Å². The van der Waals surface area contributed by atoms with Gasteiger partial charge in [-0.05, 0) is 49.9 Å². The average molecular weight is 545 g/mol. The van der Waals surface area contributed by atoms with Crippen molar-refractivity contribution in [3.05, 3.63) is 57.3 Å². The summed E-state index contributed by atoms with van der Waals surface area (Å²) in [5.41, 5.74) is -2.02. The molecule has 1 aliphatic carbocycles. The highest BCUT2D eigenvalue weighted by atomic mass is 35.5. The van der Waals surface area contributed by atoms with Gasteiger partial charge in [0.05, 0.1) is 15.1 Å². The summed E-state index contributed by atoms with van der Waals surface area (Å²) in [6.45, 7) is -0.676. The van der Waals surface area contributed by atoms with Gasteiger partial charge in [0.1, 0.15) is 28.5 Å². The quantitative estimate of drug-likeness (QED) is 0.471. The predicted molar refractivity (Wildman–Crippen MR) is 127 cm³/mol. The van der Waals surface area contributed by atoms with Gasteiger partial charge in [0.2, 0.25) is 5.91 Å². The van der Waals surface area contributed by atoms with Crippen LogP contribution in [0.4, 0.5) is 4.39 Å². The van der Waals surface area contributed by atoms with Crippen molar-refractivity contribution >= 4 is 52.5 Å². The topological polar surface area (TPSA) is 106 Å². The van der Waals surface area contributed by atoms with Gasteiger partial charge in [0, 0.05) is 12.1 Å². The van der Waals surface area contributed by atoms with Crippen LogP contribution in [-0.2, 0) is 14.4 Å². The maximum absolute atomic E-state index is 13.5. The van der Waals surface area contributed by atoms with Crippen molar-refractivity contribution in [2.75, 3.05) is 13.2 Å². The number of nitrogens with one attached hydrogen (secondary N) is 3. The SMILES string of the molecule is O=C(COc1ccc(Cl)c(F)c1)NC12CCC(NC(=O)COc3ccc(Cl)c(Cl)c3)(CC1)C(=O)N2. The van der Waals surface area contributed by atoms with E-state index in [-0.39, 0.29) is 29.9 Å². The molecule has 1 saturated carbocycles. The Morgan fingerprint density at radius 2 is 1.43 bits per heavy atom. The van der Waals surface area contributed by atoms with Gasteiger partial charge in [-0.3, -0.25) is 14.4 Å². The number of amides is 3. The summed E-state index contributed by atoms with van der Waals surface area (Å²) in [6, 6.07) is 8.49. The molecule has 0 spiro atoms. The van der Waals surface area contributed by atoms with E-state index >= 15 is 0 Å². The number of benzene rings is 2. The van der Waals surface area contributed by atoms with Crippen molar-refractivity contribution in [2.24, 2.45) is 0 Å². The Morgan fingerprint density at radius 3 is 2.00 bits per heavy atom. The molecule has 0 atom stereocenters. The molecule has 3 aliphatic rings. The Morgan fingerprint density at radius 1 is 0.857 bits per heavy atom. The Kier molecular flexibility index (Phi) is 7.30. The Bertz CT molecular complexity index is 1170. The third-order valence-electron chi connectivity index (χ3n) is 6.02. The van der Waals surface area contributed by atoms with Crippen LogP contribution in [0.3, 0.4) is 0 Å². The summed E-state index contributed by atoms with van der Waals surface area (Å²) in [5.74, 6) is -1.47. The minimum absolute atomic E-state index is 0.0515. The first-order chi connectivity index (χ1) is 16.6. The van der Waals surface area contributed by atoms with Gasteiger partial charge in [-0.25, -0.2) is 4.39 Å². The van der Waals surface area contributed by atoms with E-state index in [1.807, 2.05) is 0 Å². The molecular formula is C23H21Cl3FN3O5. The summed E-state index contributed by atoms with van der Waals surface area (Å²) in [4.78, 5) is 37.8. The number of piperidine rings is 2. The van der Waals surface area contributed by atoms with Crippen molar-refractivity contribution in [3.63, 3.8) is 0 Å². The fourth-order valence-corrected chi connectivity index (χ4v) is 4.57. The number of carbonyl (C=O) groups excluding carboxylic acids is 3. The summed E-state index contributed by atoms with van der Waals surface area (Å²) in [5, 5.41) is 9.00. The zero-order chi connectivity index (χ0) is 25.2. The van der Waals surface area contributed by atoms with Gasteiger partial charge in [-0.15, -0.1) is 0 Å². The predicted octanol–water partition coefficient (Wildman–Crippen LogP) is 3.62. The first kappa shape index (κ1) is 25.3. The molecule has 0 radical (unpaired) electrons. The minimum Gasteiger partial charge on any atom is -0.484 e. The normalized spacial score (nSPS) is 22.8. The number of ether oxygens (including phenoxy) is 2. The summed E-state index contributed by atoms with van der Waals surface area (Å²) >= 11 is 17.4. The lowest BCUT2D eigenvalue weighted by Crippen LogP contribution is -2.77. The molecule has 3 fully saturated rings. The fraction of sp³-hybridized carbons (Fsp3) is 0.348. The lowest BCUT2D eigenvalue weighted by Gasteiger charge is -2.52. The third-order valence-corrected chi connectivity index (χ3v) is 7.07. The van der Waals surface area contributed by atoms with Crippen LogP contribution < -0.4 is 25.4 Å². The van der Waals surface area contributed by atoms with Crippen LogP contribution in [-0.4, -0.2) is 42.1 Å². The van der Waals surface area contributed by atoms with E-state index in [1.165, 1.54) is 18.2 Å². The van der Waals surface area contributed by atoms with E-state index in [9.17, 15) is 18.8 Å². The van der Waals surface area contributed by atoms with Crippen molar-refractivity contribution in [1.82, 2.24) is 16.0 Å². The average Bonchev–Trinajstić information content (AvgIpc) is 2.82. The van der Waals surface area contributed by atoms with Gasteiger partial charge >= 0.3 is 0 Å². The smallest absolute Gasteiger partial charge is 0.259 e. The summed E-state index contributed by atoms with van der Waals surface area (Å²) < 4.78 is 24.3. The van der Waals surface area contributed by atoms with E-state index in [0.717, 1.165) is 6.07 Å². The number of hydrogen-bond acceptors (Lipinski definition) is 5. The summed E-state index contributed by atoms with van der Waals surface area (Å²) in [7, 11) is 0. The van der Waals surface area contributed by atoms with Crippen molar-refractivity contribution in [2.45, 2.75) is 36.9 Å². The Balaban J connectivity index is 1.28. The zero-order valence-corrected chi connectivity index (χ0v) is 20.5. The molecule has 3 N–H and O–H groups in total. The molecule has 3 amide bonds. The van der Waals surface area contributed by atoms with Crippen LogP contribution >= 0.6 is 34.8 Å². The molecule has 8 nitrogen and oxygen atoms in total. The highest BCUT2D eigenvalue weighted by Gasteiger charge is 2.55. The Hall–Kier alpha value is -2.75. The van der Waals surface area contributed by atoms with Gasteiger partial charge in [0.15, 0.2) is 13.2 Å². The lowest BCUT2D eigenvalue weighted by molar-refractivity contribution is -0.147. The Labute approximate surface area is 215 Å². The second-order valence-electron chi connectivity index (χ2n) is 8.44. The number of hydrogen-bond donors (Lipinski definition) is 3. The second-order valence-corrected chi connectivity index (χ2v) is 9.67. The molecule has 2 heterocycles. The maximum atomic E-state index is 13.5. The molecule has 0 unspecified atom stereocenters. The molecule has 2 aromatic rings. The second kappa shape index (κ2) is 10.1. The van der Waals surface area contributed by atoms with Crippen LogP contribution in [0, 0.1) is 5.82 Å². The van der Waals surface area contributed by atoms with Gasteiger partial charge in [-0.1, -0.05) is 34.8 Å². The van der Waals surface area contributed by atoms with Gasteiger partial charge in [-0.2, -0.15) is 0 Å². The fourth-order valence-electron chi connectivity index (χ4n) is 4.17. The van der Waals surface area contributed by atoms with Crippen LogP contribution in [0.5, 0.6) is 11.5 Å². The van der Waals surface area contributed by atoms with Crippen LogP contribution in [0.25, 0.3) is 0 Å². The van der Waals surface area contributed by atoms with Crippen molar-refractivity contribution in [3.8, 4) is 11.5 Å². The largest absolute Gasteiger partial charge is 0.484 e. The minimum atomic E-state index is -1.08. The molecule has 12 heteroatoms. The van der Waals surface area contributed by atoms with E-state index in [4.69, 9.17) is 44.3 Å². The molecule has 5 rings (SSSR count). The van der Waals surface area contributed by atoms with Gasteiger partial charge in [0.25, 0.3) is 11.8 Å². The molecule has 35 heavy (non-hydrogen) atoms. The highest BCUT2D eigenvalue weighted by molar-refractivity contribution is 6.42. The first-order valence-electron chi connectivity index (χ1n) is 10.7. The standard InChI is InChI=1S/C23H21Cl3FN3O5/c24-15-3-1-13(9-17(15)26)34-11-19(31)28-22-5-7-23(8-6-22,30-21(22)33)29-20(32)12-35-14-2-4-16(25)18(27)10-14/h1-4,9-10H,5-8,11-12H2,(H,28,31)(H,29,32)(H,30,33). The van der Waals surface area contributed by atoms with Gasteiger partial charge < -0.3 is 25.4 Å². The molecule has 2 bridgehead atoms. The monoisotopic (exact) mass is 543 g/mol. The molecular weight excluding hydrogens is 524 g/mol. The van der Waals surface area contributed by atoms with Crippen molar-refractivity contribution < 1.29 is 28.2 Å². The zero-order valence-electron chi connectivity index (χ0n) is 18.3. The van der Waals surface area contributed by atoms with Crippen LogP contribution in [0.2, 0.25) is 15.1 Å². The number of fused-ring (bicyclic) bond motifs is 3. The molecule has 2 aliphatic heterocycles. The molecule has 186 valence electrons. The summed E-state index contributed by atoms with van der Waals surface area (Å²) in [6.07, 6.45) is 1.49. The maximum Gasteiger partial charge on any atom is 0.259 e. The van der Waals surface area contributed by atoms with Crippen LogP contribution in [0.1, 0.15) is 25.7 Å². The van der Waals surface area contributed by atoms with E-state index < -0.39 is 28.8 Å². The first-order valence-corrected chi connectivity index (χ1v) is 11.8. The van der Waals surface area contributed by atoms with E-state index in [2.05, 4.69) is 16.0 Å². The number of carbonyl (C=O) groups is 3. The number of halogens is 4. The van der Waals surface area contributed by atoms with Crippen molar-refractivity contribution in [1.29, 1.82) is 0 Å². The molecule has 2 saturated heterocycles.